The van der Waals surface area contributed by atoms with Gasteiger partial charge in [0.2, 0.25) is 0 Å². The van der Waals surface area contributed by atoms with E-state index in [2.05, 4.69) is 23.4 Å². The van der Waals surface area contributed by atoms with Crippen molar-refractivity contribution in [2.24, 2.45) is 0 Å². The van der Waals surface area contributed by atoms with E-state index >= 15 is 0 Å². The zero-order valence-electron chi connectivity index (χ0n) is 10.5. The molecular weight excluding hydrogens is 242 g/mol. The number of benzene rings is 1. The number of hydrogen-bond donors (Lipinski definition) is 1. The maximum atomic E-state index is 5.81. The highest BCUT2D eigenvalue weighted by Gasteiger charge is 2.23. The van der Waals surface area contributed by atoms with Gasteiger partial charge < -0.3 is 10.6 Å². The fourth-order valence-electron chi connectivity index (χ4n) is 2.44. The monoisotopic (exact) mass is 259 g/mol. The summed E-state index contributed by atoms with van der Waals surface area (Å²) < 4.78 is 0. The predicted molar refractivity (Wildman–Crippen MR) is 76.8 cm³/mol. The van der Waals surface area contributed by atoms with Crippen LogP contribution in [-0.4, -0.2) is 30.0 Å². The number of likely N-dealkylation sites (N-methyl/N-ethyl adjacent to an activating group) is 1. The van der Waals surface area contributed by atoms with Crippen LogP contribution in [0.1, 0.15) is 17.3 Å². The molecule has 1 saturated heterocycles. The highest BCUT2D eigenvalue weighted by atomic mass is 32.1. The number of likely N-dealkylation sites (tertiary alicyclic amines) is 1. The van der Waals surface area contributed by atoms with Crippen molar-refractivity contribution in [3.8, 4) is 11.3 Å². The average Bonchev–Trinajstić information content (AvgIpc) is 2.97. The summed E-state index contributed by atoms with van der Waals surface area (Å²) in [4.78, 5) is 7.14. The molecule has 0 spiro atoms. The second kappa shape index (κ2) is 4.71. The van der Waals surface area contributed by atoms with Crippen molar-refractivity contribution in [3.05, 3.63) is 34.7 Å². The Hall–Kier alpha value is -1.39. The van der Waals surface area contributed by atoms with E-state index in [4.69, 9.17) is 10.7 Å². The van der Waals surface area contributed by atoms with Gasteiger partial charge >= 0.3 is 0 Å². The van der Waals surface area contributed by atoms with Crippen LogP contribution < -0.4 is 5.73 Å². The molecule has 2 heterocycles. The normalized spacial score (nSPS) is 20.4. The molecule has 0 saturated carbocycles. The molecule has 2 N–H and O–H groups in total. The quantitative estimate of drug-likeness (QED) is 0.843. The van der Waals surface area contributed by atoms with Gasteiger partial charge in [-0.3, -0.25) is 0 Å². The standard InChI is InChI=1S/C14H17N3S/c1-17-6-5-11(8-17)14-16-13(9-18-14)10-3-2-4-12(15)7-10/h2-4,7,9,11H,5-6,8,15H2,1H3. The summed E-state index contributed by atoms with van der Waals surface area (Å²) in [6.45, 7) is 2.31. The Morgan fingerprint density at radius 3 is 3.06 bits per heavy atom. The second-order valence-corrected chi connectivity index (χ2v) is 5.83. The first kappa shape index (κ1) is 11.7. The molecule has 1 atom stereocenters. The number of hydrogen-bond acceptors (Lipinski definition) is 4. The van der Waals surface area contributed by atoms with Gasteiger partial charge in [0.05, 0.1) is 10.7 Å². The van der Waals surface area contributed by atoms with Crippen LogP contribution in [-0.2, 0) is 0 Å². The van der Waals surface area contributed by atoms with Crippen LogP contribution in [0, 0.1) is 0 Å². The molecule has 1 aromatic heterocycles. The summed E-state index contributed by atoms with van der Waals surface area (Å²) >= 11 is 1.77. The molecule has 1 unspecified atom stereocenters. The number of rotatable bonds is 2. The molecule has 0 amide bonds. The van der Waals surface area contributed by atoms with E-state index in [1.165, 1.54) is 18.0 Å². The number of aromatic nitrogens is 1. The van der Waals surface area contributed by atoms with Crippen molar-refractivity contribution in [1.29, 1.82) is 0 Å². The summed E-state index contributed by atoms with van der Waals surface area (Å²) in [6, 6.07) is 7.94. The van der Waals surface area contributed by atoms with Crippen molar-refractivity contribution in [1.82, 2.24) is 9.88 Å². The molecule has 18 heavy (non-hydrogen) atoms. The molecule has 1 fully saturated rings. The number of nitrogens with zero attached hydrogens (tertiary/aromatic N) is 2. The third kappa shape index (κ3) is 2.26. The zero-order chi connectivity index (χ0) is 12.5. The van der Waals surface area contributed by atoms with Crippen LogP contribution in [0.2, 0.25) is 0 Å². The van der Waals surface area contributed by atoms with E-state index in [9.17, 15) is 0 Å². The zero-order valence-corrected chi connectivity index (χ0v) is 11.3. The van der Waals surface area contributed by atoms with Gasteiger partial charge in [0, 0.05) is 29.1 Å². The van der Waals surface area contributed by atoms with Crippen LogP contribution in [0.3, 0.4) is 0 Å². The lowest BCUT2D eigenvalue weighted by Crippen LogP contribution is -2.13. The van der Waals surface area contributed by atoms with Gasteiger partial charge in [0.25, 0.3) is 0 Å². The van der Waals surface area contributed by atoms with Gasteiger partial charge in [-0.25, -0.2) is 4.98 Å². The van der Waals surface area contributed by atoms with Crippen LogP contribution in [0.15, 0.2) is 29.6 Å². The number of nitrogen functional groups attached to an aromatic ring is 1. The van der Waals surface area contributed by atoms with Crippen molar-refractivity contribution in [2.75, 3.05) is 25.9 Å². The van der Waals surface area contributed by atoms with E-state index in [0.717, 1.165) is 23.5 Å². The Morgan fingerprint density at radius 2 is 2.33 bits per heavy atom. The Kier molecular flexibility index (Phi) is 3.06. The summed E-state index contributed by atoms with van der Waals surface area (Å²) in [5, 5.41) is 3.40. The summed E-state index contributed by atoms with van der Waals surface area (Å²) in [5.41, 5.74) is 8.77. The van der Waals surface area contributed by atoms with Crippen LogP contribution in [0.25, 0.3) is 11.3 Å². The lowest BCUT2D eigenvalue weighted by atomic mass is 10.1. The minimum Gasteiger partial charge on any atom is -0.399 e. The Balaban J connectivity index is 1.85. The lowest BCUT2D eigenvalue weighted by molar-refractivity contribution is 0.411. The Morgan fingerprint density at radius 1 is 1.44 bits per heavy atom. The van der Waals surface area contributed by atoms with E-state index in [1.807, 2.05) is 18.2 Å². The summed E-state index contributed by atoms with van der Waals surface area (Å²) in [5.74, 6) is 0.606. The minimum absolute atomic E-state index is 0.606. The molecule has 1 aliphatic rings. The lowest BCUT2D eigenvalue weighted by Gasteiger charge is -2.06. The van der Waals surface area contributed by atoms with Crippen molar-refractivity contribution < 1.29 is 0 Å². The van der Waals surface area contributed by atoms with Gasteiger partial charge in [0.15, 0.2) is 0 Å². The van der Waals surface area contributed by atoms with Crippen molar-refractivity contribution in [3.63, 3.8) is 0 Å². The molecule has 1 aliphatic heterocycles. The molecule has 3 nitrogen and oxygen atoms in total. The predicted octanol–water partition coefficient (Wildman–Crippen LogP) is 2.81. The molecular formula is C14H17N3S. The molecule has 94 valence electrons. The maximum Gasteiger partial charge on any atom is 0.0976 e. The maximum absolute atomic E-state index is 5.81. The molecule has 0 radical (unpaired) electrons. The highest BCUT2D eigenvalue weighted by Crippen LogP contribution is 2.31. The van der Waals surface area contributed by atoms with E-state index in [1.54, 1.807) is 11.3 Å². The van der Waals surface area contributed by atoms with Crippen LogP contribution in [0.4, 0.5) is 5.69 Å². The third-order valence-corrected chi connectivity index (χ3v) is 4.45. The minimum atomic E-state index is 0.606. The fourth-order valence-corrected chi connectivity index (χ4v) is 3.40. The first-order chi connectivity index (χ1) is 8.72. The first-order valence-electron chi connectivity index (χ1n) is 6.22. The van der Waals surface area contributed by atoms with Crippen molar-refractivity contribution >= 4 is 17.0 Å². The summed E-state index contributed by atoms with van der Waals surface area (Å²) in [7, 11) is 2.17. The smallest absolute Gasteiger partial charge is 0.0976 e. The third-order valence-electron chi connectivity index (χ3n) is 3.44. The largest absolute Gasteiger partial charge is 0.399 e. The number of thiazole rings is 1. The van der Waals surface area contributed by atoms with E-state index in [0.29, 0.717) is 5.92 Å². The first-order valence-corrected chi connectivity index (χ1v) is 7.10. The molecule has 2 aromatic rings. The molecule has 0 aliphatic carbocycles. The van der Waals surface area contributed by atoms with Gasteiger partial charge in [-0.05, 0) is 32.1 Å². The van der Waals surface area contributed by atoms with Gasteiger partial charge in [-0.1, -0.05) is 12.1 Å². The highest BCUT2D eigenvalue weighted by molar-refractivity contribution is 7.10. The molecule has 0 bridgehead atoms. The van der Waals surface area contributed by atoms with Crippen LogP contribution in [0.5, 0.6) is 0 Å². The van der Waals surface area contributed by atoms with Crippen LogP contribution >= 0.6 is 11.3 Å². The summed E-state index contributed by atoms with van der Waals surface area (Å²) in [6.07, 6.45) is 1.22. The van der Waals surface area contributed by atoms with Gasteiger partial charge in [-0.15, -0.1) is 11.3 Å². The number of anilines is 1. The average molecular weight is 259 g/mol. The van der Waals surface area contributed by atoms with Gasteiger partial charge in [0.1, 0.15) is 0 Å². The molecule has 3 rings (SSSR count). The Bertz CT molecular complexity index is 549. The SMILES string of the molecule is CN1CCC(c2nc(-c3cccc(N)c3)cs2)C1. The second-order valence-electron chi connectivity index (χ2n) is 4.94. The fraction of sp³-hybridized carbons (Fsp3) is 0.357. The topological polar surface area (TPSA) is 42.2 Å². The molecule has 1 aromatic carbocycles. The number of nitrogens with two attached hydrogens (primary N) is 1. The van der Waals surface area contributed by atoms with Gasteiger partial charge in [-0.2, -0.15) is 0 Å². The van der Waals surface area contributed by atoms with E-state index in [-0.39, 0.29) is 0 Å². The van der Waals surface area contributed by atoms with Crippen molar-refractivity contribution in [2.45, 2.75) is 12.3 Å². The van der Waals surface area contributed by atoms with E-state index < -0.39 is 0 Å². The molecule has 4 heteroatoms. The Labute approximate surface area is 111 Å².